The molecule has 0 amide bonds. The van der Waals surface area contributed by atoms with Crippen molar-refractivity contribution in [3.05, 3.63) is 53.6 Å². The van der Waals surface area contributed by atoms with Crippen molar-refractivity contribution < 1.29 is 8.91 Å². The van der Waals surface area contributed by atoms with Gasteiger partial charge in [0.05, 0.1) is 10.6 Å². The second kappa shape index (κ2) is 4.94. The van der Waals surface area contributed by atoms with E-state index < -0.39 is 5.82 Å². The first-order chi connectivity index (χ1) is 9.66. The fourth-order valence-corrected chi connectivity index (χ4v) is 2.22. The summed E-state index contributed by atoms with van der Waals surface area (Å²) in [4.78, 5) is 4.03. The first-order valence-electron chi connectivity index (χ1n) is 5.78. The van der Waals surface area contributed by atoms with E-state index in [9.17, 15) is 4.39 Å². The molecule has 0 bridgehead atoms. The zero-order chi connectivity index (χ0) is 14.1. The molecule has 0 atom stereocenters. The molecular weight excluding hydrogens is 281 g/mol. The quantitative estimate of drug-likeness (QED) is 0.780. The van der Waals surface area contributed by atoms with Crippen LogP contribution in [0.2, 0.25) is 5.02 Å². The second-order valence-electron chi connectivity index (χ2n) is 4.14. The Labute approximate surface area is 119 Å². The van der Waals surface area contributed by atoms with Crippen LogP contribution in [0.3, 0.4) is 0 Å². The third kappa shape index (κ3) is 2.12. The van der Waals surface area contributed by atoms with Gasteiger partial charge >= 0.3 is 0 Å². The molecule has 0 saturated heterocycles. The van der Waals surface area contributed by atoms with E-state index in [1.807, 2.05) is 6.07 Å². The van der Waals surface area contributed by atoms with E-state index in [2.05, 4.69) is 10.1 Å². The molecule has 2 heterocycles. The maximum atomic E-state index is 13.1. The molecule has 0 aliphatic carbocycles. The molecule has 0 saturated carbocycles. The Hall–Kier alpha value is -2.40. The van der Waals surface area contributed by atoms with Crippen molar-refractivity contribution in [2.75, 3.05) is 5.73 Å². The Kier molecular flexibility index (Phi) is 3.12. The number of anilines is 1. The van der Waals surface area contributed by atoms with Crippen LogP contribution in [0.15, 0.2) is 47.2 Å². The Morgan fingerprint density at radius 3 is 2.80 bits per heavy atom. The maximum Gasteiger partial charge on any atom is 0.230 e. The molecule has 0 radical (unpaired) electrons. The zero-order valence-corrected chi connectivity index (χ0v) is 10.9. The molecule has 0 aliphatic heterocycles. The Balaban J connectivity index is 2.22. The third-order valence-electron chi connectivity index (χ3n) is 2.85. The lowest BCUT2D eigenvalue weighted by Gasteiger charge is -2.05. The maximum absolute atomic E-state index is 13.1. The van der Waals surface area contributed by atoms with Gasteiger partial charge in [-0.25, -0.2) is 4.39 Å². The summed E-state index contributed by atoms with van der Waals surface area (Å²) in [5.74, 6) is -0.297. The van der Waals surface area contributed by atoms with Crippen molar-refractivity contribution in [2.45, 2.75) is 0 Å². The summed E-state index contributed by atoms with van der Waals surface area (Å²) < 4.78 is 18.2. The van der Waals surface area contributed by atoms with Crippen LogP contribution in [0.5, 0.6) is 0 Å². The van der Waals surface area contributed by atoms with Gasteiger partial charge in [-0.1, -0.05) is 16.8 Å². The average molecular weight is 290 g/mol. The lowest BCUT2D eigenvalue weighted by atomic mass is 10.0. The molecule has 3 aromatic rings. The summed E-state index contributed by atoms with van der Waals surface area (Å²) in [6, 6.07) is 7.67. The molecule has 100 valence electrons. The molecular formula is C14H9ClFN3O. The number of benzene rings is 1. The monoisotopic (exact) mass is 289 g/mol. The number of hydrogen-bond acceptors (Lipinski definition) is 4. The van der Waals surface area contributed by atoms with Crippen molar-refractivity contribution in [2.24, 2.45) is 0 Å². The summed E-state index contributed by atoms with van der Waals surface area (Å²) in [5, 5.41) is 4.17. The van der Waals surface area contributed by atoms with Gasteiger partial charge in [0.25, 0.3) is 0 Å². The van der Waals surface area contributed by atoms with Crippen molar-refractivity contribution >= 4 is 17.5 Å². The molecule has 3 rings (SSSR count). The number of halogens is 2. The van der Waals surface area contributed by atoms with Gasteiger partial charge in [-0.15, -0.1) is 0 Å². The smallest absolute Gasteiger partial charge is 0.230 e. The number of nitrogen functional groups attached to an aromatic ring is 1. The van der Waals surface area contributed by atoms with Crippen LogP contribution in [-0.4, -0.2) is 10.1 Å². The fraction of sp³-hybridized carbons (Fsp3) is 0. The molecule has 6 heteroatoms. The van der Waals surface area contributed by atoms with Crippen LogP contribution in [0.4, 0.5) is 10.3 Å². The van der Waals surface area contributed by atoms with Crippen molar-refractivity contribution in [1.29, 1.82) is 0 Å². The van der Waals surface area contributed by atoms with Gasteiger partial charge in [-0.05, 0) is 30.3 Å². The predicted molar refractivity (Wildman–Crippen MR) is 74.6 cm³/mol. The van der Waals surface area contributed by atoms with Gasteiger partial charge in [0.2, 0.25) is 5.88 Å². The first-order valence-corrected chi connectivity index (χ1v) is 6.15. The van der Waals surface area contributed by atoms with Crippen molar-refractivity contribution in [3.63, 3.8) is 0 Å². The van der Waals surface area contributed by atoms with E-state index in [-0.39, 0.29) is 10.9 Å². The molecule has 0 unspecified atom stereocenters. The number of nitrogens with two attached hydrogens (primary N) is 1. The molecule has 1 aromatic carbocycles. The Morgan fingerprint density at radius 1 is 1.25 bits per heavy atom. The second-order valence-corrected chi connectivity index (χ2v) is 4.54. The minimum atomic E-state index is -0.420. The molecule has 0 aliphatic rings. The van der Waals surface area contributed by atoms with Gasteiger partial charge in [0.15, 0.2) is 0 Å². The number of pyridine rings is 1. The standard InChI is InChI=1S/C14H9ClFN3O/c15-11-6-9(16)3-4-10(11)12-13(19-20-14(12)17)8-2-1-5-18-7-8/h1-7H,17H2. The van der Waals surface area contributed by atoms with Crippen LogP contribution < -0.4 is 5.73 Å². The van der Waals surface area contributed by atoms with Crippen LogP contribution in [0.25, 0.3) is 22.4 Å². The van der Waals surface area contributed by atoms with E-state index in [1.54, 1.807) is 24.5 Å². The highest BCUT2D eigenvalue weighted by molar-refractivity contribution is 6.33. The molecule has 4 nitrogen and oxygen atoms in total. The summed E-state index contributed by atoms with van der Waals surface area (Å²) >= 11 is 6.07. The zero-order valence-electron chi connectivity index (χ0n) is 10.2. The normalized spacial score (nSPS) is 10.7. The number of hydrogen-bond donors (Lipinski definition) is 1. The topological polar surface area (TPSA) is 64.9 Å². The van der Waals surface area contributed by atoms with Crippen LogP contribution in [0.1, 0.15) is 0 Å². The van der Waals surface area contributed by atoms with Gasteiger partial charge in [0, 0.05) is 23.5 Å². The molecule has 0 spiro atoms. The van der Waals surface area contributed by atoms with Crippen LogP contribution in [0, 0.1) is 5.82 Å². The fourth-order valence-electron chi connectivity index (χ4n) is 1.96. The molecule has 20 heavy (non-hydrogen) atoms. The van der Waals surface area contributed by atoms with Crippen molar-refractivity contribution in [3.8, 4) is 22.4 Å². The number of aromatic nitrogens is 2. The van der Waals surface area contributed by atoms with E-state index in [1.165, 1.54) is 12.1 Å². The van der Waals surface area contributed by atoms with Gasteiger partial charge < -0.3 is 10.3 Å². The summed E-state index contributed by atoms with van der Waals surface area (Å²) in [7, 11) is 0. The summed E-state index contributed by atoms with van der Waals surface area (Å²) in [6.07, 6.45) is 3.29. The van der Waals surface area contributed by atoms with Gasteiger partial charge in [-0.3, -0.25) is 4.98 Å². The minimum Gasteiger partial charge on any atom is -0.367 e. The largest absolute Gasteiger partial charge is 0.367 e. The van der Waals surface area contributed by atoms with Gasteiger partial charge in [-0.2, -0.15) is 0 Å². The highest BCUT2D eigenvalue weighted by Crippen LogP contribution is 2.39. The number of nitrogens with zero attached hydrogens (tertiary/aromatic N) is 2. The predicted octanol–water partition coefficient (Wildman–Crippen LogP) is 3.78. The minimum absolute atomic E-state index is 0.123. The van der Waals surface area contributed by atoms with Crippen molar-refractivity contribution in [1.82, 2.24) is 10.1 Å². The Bertz CT molecular complexity index is 758. The highest BCUT2D eigenvalue weighted by atomic mass is 35.5. The summed E-state index contributed by atoms with van der Waals surface area (Å²) in [5.41, 5.74) is 8.16. The van der Waals surface area contributed by atoms with Crippen LogP contribution >= 0.6 is 11.6 Å². The first kappa shape index (κ1) is 12.6. The van der Waals surface area contributed by atoms with E-state index in [0.717, 1.165) is 5.56 Å². The average Bonchev–Trinajstić information content (AvgIpc) is 2.82. The lowest BCUT2D eigenvalue weighted by Crippen LogP contribution is -1.89. The third-order valence-corrected chi connectivity index (χ3v) is 3.17. The molecule has 0 fully saturated rings. The van der Waals surface area contributed by atoms with E-state index in [0.29, 0.717) is 16.8 Å². The van der Waals surface area contributed by atoms with E-state index >= 15 is 0 Å². The van der Waals surface area contributed by atoms with E-state index in [4.69, 9.17) is 21.9 Å². The summed E-state index contributed by atoms with van der Waals surface area (Å²) in [6.45, 7) is 0. The van der Waals surface area contributed by atoms with Crippen LogP contribution in [-0.2, 0) is 0 Å². The molecule has 2 aromatic heterocycles. The molecule has 2 N–H and O–H groups in total. The highest BCUT2D eigenvalue weighted by Gasteiger charge is 2.19. The van der Waals surface area contributed by atoms with Gasteiger partial charge in [0.1, 0.15) is 11.5 Å². The Morgan fingerprint density at radius 2 is 2.10 bits per heavy atom. The lowest BCUT2D eigenvalue weighted by molar-refractivity contribution is 0.439. The number of rotatable bonds is 2. The SMILES string of the molecule is Nc1onc(-c2cccnc2)c1-c1ccc(F)cc1Cl.